The van der Waals surface area contributed by atoms with Crippen LogP contribution in [0.25, 0.3) is 22.3 Å². The fraction of sp³-hybridized carbons (Fsp3) is 0.222. The minimum atomic E-state index is -0.382. The number of aliphatic hydroxyl groups excluding tert-OH is 1. The van der Waals surface area contributed by atoms with Crippen LogP contribution < -0.4 is 16.1 Å². The maximum absolute atomic E-state index is 13.3. The van der Waals surface area contributed by atoms with Gasteiger partial charge in [-0.25, -0.2) is 4.98 Å². The van der Waals surface area contributed by atoms with Crippen LogP contribution in [-0.4, -0.2) is 29.1 Å². The SMILES string of the molecule is Cc1cc(C(C)Nc2cccnc2C(=O)NCCO)c2oc(-c3ccccc3)c(C)c(=O)c2c1. The zero-order valence-corrected chi connectivity index (χ0v) is 19.4. The van der Waals surface area contributed by atoms with E-state index in [0.29, 0.717) is 28.0 Å². The van der Waals surface area contributed by atoms with E-state index in [2.05, 4.69) is 15.6 Å². The van der Waals surface area contributed by atoms with Gasteiger partial charge in [0.1, 0.15) is 11.3 Å². The minimum Gasteiger partial charge on any atom is -0.455 e. The molecular formula is C27H27N3O4. The van der Waals surface area contributed by atoms with Crippen molar-refractivity contribution in [2.24, 2.45) is 0 Å². The van der Waals surface area contributed by atoms with Crippen molar-refractivity contribution >= 4 is 22.6 Å². The van der Waals surface area contributed by atoms with Crippen LogP contribution in [0.2, 0.25) is 0 Å². The molecule has 3 N–H and O–H groups in total. The Bertz CT molecular complexity index is 1400. The van der Waals surface area contributed by atoms with Gasteiger partial charge in [-0.2, -0.15) is 0 Å². The molecule has 4 rings (SSSR count). The van der Waals surface area contributed by atoms with E-state index in [1.54, 1.807) is 25.3 Å². The van der Waals surface area contributed by atoms with Gasteiger partial charge in [0.2, 0.25) is 0 Å². The Hall–Kier alpha value is -3.97. The first-order valence-corrected chi connectivity index (χ1v) is 11.1. The summed E-state index contributed by atoms with van der Waals surface area (Å²) in [5.74, 6) is 0.160. The molecule has 1 amide bonds. The smallest absolute Gasteiger partial charge is 0.272 e. The Morgan fingerprint density at radius 2 is 1.88 bits per heavy atom. The first kappa shape index (κ1) is 23.2. The van der Waals surface area contributed by atoms with Crippen molar-refractivity contribution in [2.45, 2.75) is 26.8 Å². The third-order valence-electron chi connectivity index (χ3n) is 5.69. The number of nitrogens with one attached hydrogen (secondary N) is 2. The van der Waals surface area contributed by atoms with Gasteiger partial charge >= 0.3 is 0 Å². The van der Waals surface area contributed by atoms with Gasteiger partial charge in [0.25, 0.3) is 5.91 Å². The van der Waals surface area contributed by atoms with E-state index in [4.69, 9.17) is 9.52 Å². The lowest BCUT2D eigenvalue weighted by Crippen LogP contribution is -2.28. The van der Waals surface area contributed by atoms with Gasteiger partial charge in [0.15, 0.2) is 11.1 Å². The fourth-order valence-electron chi connectivity index (χ4n) is 4.02. The number of aliphatic hydroxyl groups is 1. The molecule has 0 fully saturated rings. The molecule has 0 aliphatic carbocycles. The molecule has 7 heteroatoms. The van der Waals surface area contributed by atoms with Gasteiger partial charge in [0, 0.05) is 29.4 Å². The number of anilines is 1. The molecule has 0 aliphatic heterocycles. The lowest BCUT2D eigenvalue weighted by molar-refractivity contribution is 0.0940. The van der Waals surface area contributed by atoms with E-state index in [-0.39, 0.29) is 36.2 Å². The van der Waals surface area contributed by atoms with Crippen molar-refractivity contribution in [2.75, 3.05) is 18.5 Å². The number of carbonyl (C=O) groups is 1. The van der Waals surface area contributed by atoms with E-state index in [1.807, 2.05) is 56.3 Å². The van der Waals surface area contributed by atoms with Crippen molar-refractivity contribution in [3.63, 3.8) is 0 Å². The molecule has 1 atom stereocenters. The summed E-state index contributed by atoms with van der Waals surface area (Å²) < 4.78 is 6.37. The topological polar surface area (TPSA) is 104 Å². The third-order valence-corrected chi connectivity index (χ3v) is 5.69. The van der Waals surface area contributed by atoms with Crippen LogP contribution in [0.4, 0.5) is 5.69 Å². The van der Waals surface area contributed by atoms with Gasteiger partial charge in [-0.15, -0.1) is 0 Å². The lowest BCUT2D eigenvalue weighted by atomic mass is 9.98. The Morgan fingerprint density at radius 1 is 1.12 bits per heavy atom. The molecule has 2 aromatic carbocycles. The third kappa shape index (κ3) is 4.56. The van der Waals surface area contributed by atoms with Crippen LogP contribution in [0, 0.1) is 13.8 Å². The standard InChI is InChI=1S/C27H27N3O4/c1-16-14-20(18(3)30-22-10-7-11-28-23(22)27(33)29-12-13-31)26-21(15-16)24(32)17(2)25(34-26)19-8-5-4-6-9-19/h4-11,14-15,18,30-31H,12-13H2,1-3H3,(H,29,33). The molecule has 0 spiro atoms. The van der Waals surface area contributed by atoms with Crippen LogP contribution in [0.3, 0.4) is 0 Å². The first-order valence-electron chi connectivity index (χ1n) is 11.1. The molecule has 174 valence electrons. The Labute approximate surface area is 197 Å². The Morgan fingerprint density at radius 3 is 2.62 bits per heavy atom. The summed E-state index contributed by atoms with van der Waals surface area (Å²) in [7, 11) is 0. The van der Waals surface area contributed by atoms with Gasteiger partial charge in [-0.3, -0.25) is 9.59 Å². The summed E-state index contributed by atoms with van der Waals surface area (Å²) in [5.41, 5.74) is 4.34. The summed E-state index contributed by atoms with van der Waals surface area (Å²) >= 11 is 0. The molecule has 0 saturated carbocycles. The molecule has 0 bridgehead atoms. The number of hydrogen-bond donors (Lipinski definition) is 3. The summed E-state index contributed by atoms with van der Waals surface area (Å²) in [4.78, 5) is 30.0. The Kier molecular flexibility index (Phi) is 6.75. The van der Waals surface area contributed by atoms with Gasteiger partial charge in [-0.05, 0) is 44.5 Å². The molecule has 1 unspecified atom stereocenters. The maximum Gasteiger partial charge on any atom is 0.272 e. The van der Waals surface area contributed by atoms with E-state index >= 15 is 0 Å². The summed E-state index contributed by atoms with van der Waals surface area (Å²) in [5, 5.41) is 15.5. The number of amides is 1. The molecule has 0 aliphatic rings. The minimum absolute atomic E-state index is 0.0669. The molecule has 4 aromatic rings. The molecule has 34 heavy (non-hydrogen) atoms. The monoisotopic (exact) mass is 457 g/mol. The Balaban J connectivity index is 1.80. The van der Waals surface area contributed by atoms with Crippen molar-refractivity contribution in [3.8, 4) is 11.3 Å². The van der Waals surface area contributed by atoms with E-state index < -0.39 is 0 Å². The second-order valence-electron chi connectivity index (χ2n) is 8.23. The molecule has 0 radical (unpaired) electrons. The van der Waals surface area contributed by atoms with E-state index in [9.17, 15) is 9.59 Å². The van der Waals surface area contributed by atoms with Crippen LogP contribution >= 0.6 is 0 Å². The summed E-state index contributed by atoms with van der Waals surface area (Å²) in [6.07, 6.45) is 1.54. The number of pyridine rings is 1. The quantitative estimate of drug-likeness (QED) is 0.381. The largest absolute Gasteiger partial charge is 0.455 e. The highest BCUT2D eigenvalue weighted by molar-refractivity contribution is 5.97. The van der Waals surface area contributed by atoms with Crippen molar-refractivity contribution in [1.29, 1.82) is 0 Å². The van der Waals surface area contributed by atoms with E-state index in [1.165, 1.54) is 0 Å². The average Bonchev–Trinajstić information content (AvgIpc) is 2.85. The van der Waals surface area contributed by atoms with Crippen LogP contribution in [0.5, 0.6) is 0 Å². The van der Waals surface area contributed by atoms with Crippen LogP contribution in [0.1, 0.15) is 40.1 Å². The highest BCUT2D eigenvalue weighted by atomic mass is 16.3. The highest BCUT2D eigenvalue weighted by Crippen LogP contribution is 2.32. The predicted octanol–water partition coefficient (Wildman–Crippen LogP) is 4.37. The first-order chi connectivity index (χ1) is 16.4. The summed E-state index contributed by atoms with van der Waals surface area (Å²) in [6.45, 7) is 5.64. The number of aromatic nitrogens is 1. The number of rotatable bonds is 7. The van der Waals surface area contributed by atoms with E-state index in [0.717, 1.165) is 16.7 Å². The number of fused-ring (bicyclic) bond motifs is 1. The molecular weight excluding hydrogens is 430 g/mol. The second kappa shape index (κ2) is 9.89. The number of aryl methyl sites for hydroxylation is 1. The molecule has 2 aromatic heterocycles. The van der Waals surface area contributed by atoms with Crippen LogP contribution in [0.15, 0.2) is 70.0 Å². The lowest BCUT2D eigenvalue weighted by Gasteiger charge is -2.20. The molecule has 0 saturated heterocycles. The maximum atomic E-state index is 13.3. The molecule has 7 nitrogen and oxygen atoms in total. The van der Waals surface area contributed by atoms with Gasteiger partial charge < -0.3 is 20.2 Å². The summed E-state index contributed by atoms with van der Waals surface area (Å²) in [6, 6.07) is 16.6. The zero-order chi connectivity index (χ0) is 24.2. The highest BCUT2D eigenvalue weighted by Gasteiger charge is 2.20. The van der Waals surface area contributed by atoms with Crippen molar-refractivity contribution in [1.82, 2.24) is 10.3 Å². The zero-order valence-electron chi connectivity index (χ0n) is 19.4. The predicted molar refractivity (Wildman–Crippen MR) is 133 cm³/mol. The number of nitrogens with zero attached hydrogens (tertiary/aromatic N) is 1. The number of hydrogen-bond acceptors (Lipinski definition) is 6. The number of benzene rings is 2. The second-order valence-corrected chi connectivity index (χ2v) is 8.23. The molecule has 2 heterocycles. The van der Waals surface area contributed by atoms with Gasteiger partial charge in [-0.1, -0.05) is 36.4 Å². The number of carbonyl (C=O) groups excluding carboxylic acids is 1. The van der Waals surface area contributed by atoms with Crippen LogP contribution in [-0.2, 0) is 0 Å². The average molecular weight is 458 g/mol. The normalized spacial score (nSPS) is 11.9. The van der Waals surface area contributed by atoms with Gasteiger partial charge in [0.05, 0.1) is 23.7 Å². The fourth-order valence-corrected chi connectivity index (χ4v) is 4.02. The van der Waals surface area contributed by atoms with Crippen molar-refractivity contribution < 1.29 is 14.3 Å². The van der Waals surface area contributed by atoms with Crippen molar-refractivity contribution in [3.05, 3.63) is 93.4 Å².